The molecule has 1 aliphatic heterocycles. The summed E-state index contributed by atoms with van der Waals surface area (Å²) < 4.78 is 4.70. The van der Waals surface area contributed by atoms with Gasteiger partial charge >= 0.3 is 5.97 Å². The number of nitrogens with zero attached hydrogens (tertiary/aromatic N) is 3. The van der Waals surface area contributed by atoms with Gasteiger partial charge in [0.05, 0.1) is 18.4 Å². The number of thioether (sulfide) groups is 1. The minimum absolute atomic E-state index is 0.169. The van der Waals surface area contributed by atoms with Crippen LogP contribution in [-0.2, 0) is 9.53 Å². The third kappa shape index (κ3) is 5.93. The van der Waals surface area contributed by atoms with E-state index in [0.29, 0.717) is 23.1 Å². The summed E-state index contributed by atoms with van der Waals surface area (Å²) in [6, 6.07) is 8.61. The van der Waals surface area contributed by atoms with Gasteiger partial charge in [-0.25, -0.2) is 14.8 Å². The molecule has 7 nitrogen and oxygen atoms in total. The fraction of sp³-hybridized carbons (Fsp3) is 0.429. The number of methoxy groups -OCH3 is 1. The van der Waals surface area contributed by atoms with Crippen LogP contribution in [0.15, 0.2) is 41.7 Å². The highest BCUT2D eigenvalue weighted by atomic mass is 32.2. The fourth-order valence-electron chi connectivity index (χ4n) is 3.61. The summed E-state index contributed by atoms with van der Waals surface area (Å²) in [6.07, 6.45) is 2.79. The maximum Gasteiger partial charge on any atom is 0.337 e. The number of piperidine rings is 1. The van der Waals surface area contributed by atoms with Crippen molar-refractivity contribution in [2.45, 2.75) is 25.3 Å². The molecular weight excluding hydrogens is 388 g/mol. The zero-order chi connectivity index (χ0) is 20.8. The lowest BCUT2D eigenvalue weighted by Crippen LogP contribution is -2.39. The molecule has 1 aliphatic rings. The second-order valence-electron chi connectivity index (χ2n) is 7.47. The average Bonchev–Trinajstić information content (AvgIpc) is 2.71. The van der Waals surface area contributed by atoms with E-state index in [4.69, 9.17) is 4.74 Å². The van der Waals surface area contributed by atoms with E-state index in [-0.39, 0.29) is 11.7 Å². The number of amides is 1. The van der Waals surface area contributed by atoms with Crippen LogP contribution in [0, 0.1) is 11.8 Å². The molecule has 2 aromatic rings. The molecule has 154 valence electrons. The quantitative estimate of drug-likeness (QED) is 0.440. The Morgan fingerprint density at radius 1 is 1.21 bits per heavy atom. The molecular formula is C21H26N4O3S. The first-order chi connectivity index (χ1) is 13.9. The van der Waals surface area contributed by atoms with E-state index in [1.54, 1.807) is 30.6 Å². The SMILES string of the molecule is COC(=O)c1cccc(NC(=O)CSc2cc(N3C[C@@H](C)C[C@H](C)C3)ncn2)c1. The molecule has 0 aliphatic carbocycles. The van der Waals surface area contributed by atoms with E-state index in [1.807, 2.05) is 6.07 Å². The third-order valence-electron chi connectivity index (χ3n) is 4.74. The maximum absolute atomic E-state index is 12.3. The second kappa shape index (κ2) is 9.73. The number of hydrogen-bond acceptors (Lipinski definition) is 7. The van der Waals surface area contributed by atoms with Crippen LogP contribution in [0.1, 0.15) is 30.6 Å². The number of ether oxygens (including phenoxy) is 1. The Labute approximate surface area is 175 Å². The topological polar surface area (TPSA) is 84.4 Å². The van der Waals surface area contributed by atoms with Gasteiger partial charge in [0, 0.05) is 24.8 Å². The largest absolute Gasteiger partial charge is 0.465 e. The van der Waals surface area contributed by atoms with Crippen LogP contribution in [0.2, 0.25) is 0 Å². The Hall–Kier alpha value is -2.61. The molecule has 0 unspecified atom stereocenters. The van der Waals surface area contributed by atoms with Crippen molar-refractivity contribution in [3.63, 3.8) is 0 Å². The smallest absolute Gasteiger partial charge is 0.337 e. The molecule has 0 spiro atoms. The van der Waals surface area contributed by atoms with E-state index in [9.17, 15) is 9.59 Å². The predicted molar refractivity (Wildman–Crippen MR) is 114 cm³/mol. The number of anilines is 2. The minimum Gasteiger partial charge on any atom is -0.465 e. The normalized spacial score (nSPS) is 18.9. The Morgan fingerprint density at radius 2 is 1.97 bits per heavy atom. The van der Waals surface area contributed by atoms with Crippen LogP contribution in [0.4, 0.5) is 11.5 Å². The van der Waals surface area contributed by atoms with E-state index in [1.165, 1.54) is 25.3 Å². The fourth-order valence-corrected chi connectivity index (χ4v) is 4.27. The molecule has 0 bridgehead atoms. The van der Waals surface area contributed by atoms with Gasteiger partial charge in [-0.15, -0.1) is 0 Å². The molecule has 1 fully saturated rings. The van der Waals surface area contributed by atoms with E-state index < -0.39 is 5.97 Å². The van der Waals surface area contributed by atoms with Crippen molar-refractivity contribution in [3.8, 4) is 0 Å². The van der Waals surface area contributed by atoms with Gasteiger partial charge in [-0.2, -0.15) is 0 Å². The van der Waals surface area contributed by atoms with Gasteiger partial charge < -0.3 is 15.0 Å². The van der Waals surface area contributed by atoms with Gasteiger partial charge in [0.2, 0.25) is 5.91 Å². The minimum atomic E-state index is -0.440. The summed E-state index contributed by atoms with van der Waals surface area (Å²) >= 11 is 1.36. The Bertz CT molecular complexity index is 867. The highest BCUT2D eigenvalue weighted by molar-refractivity contribution is 7.99. The van der Waals surface area contributed by atoms with Crippen molar-refractivity contribution in [2.75, 3.05) is 36.2 Å². The monoisotopic (exact) mass is 414 g/mol. The zero-order valence-corrected chi connectivity index (χ0v) is 17.7. The van der Waals surface area contributed by atoms with Gasteiger partial charge in [-0.1, -0.05) is 31.7 Å². The molecule has 2 heterocycles. The van der Waals surface area contributed by atoms with E-state index >= 15 is 0 Å². The molecule has 1 aromatic carbocycles. The van der Waals surface area contributed by atoms with Crippen molar-refractivity contribution in [1.82, 2.24) is 9.97 Å². The summed E-state index contributed by atoms with van der Waals surface area (Å²) in [7, 11) is 1.32. The average molecular weight is 415 g/mol. The van der Waals surface area contributed by atoms with Crippen molar-refractivity contribution in [1.29, 1.82) is 0 Å². The number of hydrogen-bond donors (Lipinski definition) is 1. The van der Waals surface area contributed by atoms with Crippen LogP contribution >= 0.6 is 11.8 Å². The van der Waals surface area contributed by atoms with Gasteiger partial charge in [0.15, 0.2) is 0 Å². The van der Waals surface area contributed by atoms with Crippen LogP contribution in [0.3, 0.4) is 0 Å². The first-order valence-corrected chi connectivity index (χ1v) is 10.6. The Kier molecular flexibility index (Phi) is 7.09. The maximum atomic E-state index is 12.3. The van der Waals surface area contributed by atoms with Crippen LogP contribution < -0.4 is 10.2 Å². The lowest BCUT2D eigenvalue weighted by molar-refractivity contribution is -0.113. The van der Waals surface area contributed by atoms with Crippen LogP contribution in [0.25, 0.3) is 0 Å². The lowest BCUT2D eigenvalue weighted by atomic mass is 9.92. The zero-order valence-electron chi connectivity index (χ0n) is 16.9. The molecule has 3 rings (SSSR count). The Balaban J connectivity index is 1.57. The number of carbonyl (C=O) groups excluding carboxylic acids is 2. The number of esters is 1. The molecule has 8 heteroatoms. The summed E-state index contributed by atoms with van der Waals surface area (Å²) in [6.45, 7) is 6.50. The molecule has 1 N–H and O–H groups in total. The van der Waals surface area contributed by atoms with E-state index in [0.717, 1.165) is 23.9 Å². The predicted octanol–water partition coefficient (Wildman–Crippen LogP) is 3.48. The lowest BCUT2D eigenvalue weighted by Gasteiger charge is -2.35. The molecule has 0 saturated carbocycles. The van der Waals surface area contributed by atoms with Gasteiger partial charge in [-0.3, -0.25) is 4.79 Å². The molecule has 2 atom stereocenters. The van der Waals surface area contributed by atoms with E-state index in [2.05, 4.69) is 34.0 Å². The summed E-state index contributed by atoms with van der Waals surface area (Å²) in [5.41, 5.74) is 0.946. The molecule has 1 aromatic heterocycles. The van der Waals surface area contributed by atoms with Gasteiger partial charge in [-0.05, 0) is 36.5 Å². The Morgan fingerprint density at radius 3 is 2.69 bits per heavy atom. The standard InChI is InChI=1S/C21H26N4O3S/c1-14-7-15(2)11-25(10-14)18-9-20(23-13-22-18)29-12-19(26)24-17-6-4-5-16(8-17)21(27)28-3/h4-6,8-9,13-15H,7,10-12H2,1-3H3,(H,24,26)/t14-,15-/m0/s1. The number of benzene rings is 1. The first kappa shape index (κ1) is 21.1. The summed E-state index contributed by atoms with van der Waals surface area (Å²) in [5, 5.41) is 3.56. The number of nitrogens with one attached hydrogen (secondary N) is 1. The van der Waals surface area contributed by atoms with Crippen molar-refractivity contribution >= 4 is 35.1 Å². The van der Waals surface area contributed by atoms with Gasteiger partial charge in [0.25, 0.3) is 0 Å². The van der Waals surface area contributed by atoms with Crippen LogP contribution in [0.5, 0.6) is 0 Å². The second-order valence-corrected chi connectivity index (χ2v) is 8.47. The molecule has 1 saturated heterocycles. The summed E-state index contributed by atoms with van der Waals surface area (Å²) in [4.78, 5) is 34.9. The number of carbonyl (C=O) groups is 2. The number of aromatic nitrogens is 2. The highest BCUT2D eigenvalue weighted by Gasteiger charge is 2.23. The third-order valence-corrected chi connectivity index (χ3v) is 5.66. The molecule has 0 radical (unpaired) electrons. The first-order valence-electron chi connectivity index (χ1n) is 9.62. The van der Waals surface area contributed by atoms with Crippen molar-refractivity contribution < 1.29 is 14.3 Å². The molecule has 1 amide bonds. The highest BCUT2D eigenvalue weighted by Crippen LogP contribution is 2.27. The molecule has 29 heavy (non-hydrogen) atoms. The summed E-state index contributed by atoms with van der Waals surface area (Å²) in [5.74, 6) is 1.79. The van der Waals surface area contributed by atoms with Gasteiger partial charge in [0.1, 0.15) is 17.2 Å². The van der Waals surface area contributed by atoms with Crippen molar-refractivity contribution in [3.05, 3.63) is 42.2 Å². The van der Waals surface area contributed by atoms with Crippen LogP contribution in [-0.4, -0.2) is 47.8 Å². The number of rotatable bonds is 6. The van der Waals surface area contributed by atoms with Crippen molar-refractivity contribution in [2.24, 2.45) is 11.8 Å².